The number of aliphatic hydroxyl groups is 1. The van der Waals surface area contributed by atoms with Gasteiger partial charge >= 0.3 is 0 Å². The maximum Gasteiger partial charge on any atom is 0.187 e. The molecule has 0 radical (unpaired) electrons. The molecule has 1 aliphatic heterocycles. The predicted molar refractivity (Wildman–Crippen MR) is 126 cm³/mol. The smallest absolute Gasteiger partial charge is 0.187 e. The van der Waals surface area contributed by atoms with E-state index in [4.69, 9.17) is 14.2 Å². The van der Waals surface area contributed by atoms with Crippen LogP contribution in [0.5, 0.6) is 17.2 Å². The fourth-order valence-electron chi connectivity index (χ4n) is 3.96. The molecule has 1 N–H and O–H groups in total. The van der Waals surface area contributed by atoms with Crippen LogP contribution < -0.4 is 14.2 Å². The topological polar surface area (TPSA) is 69.0 Å². The van der Waals surface area contributed by atoms with Gasteiger partial charge in [0.05, 0.1) is 17.4 Å². The van der Waals surface area contributed by atoms with Crippen molar-refractivity contribution in [1.82, 2.24) is 14.7 Å². The average Bonchev–Trinajstić information content (AvgIpc) is 3.26. The fraction of sp³-hybridized carbons (Fsp3) is 0.269. The second-order valence-corrected chi connectivity index (χ2v) is 8.24. The summed E-state index contributed by atoms with van der Waals surface area (Å²) < 4.78 is 19.7. The molecule has 5 rings (SSSR count). The van der Waals surface area contributed by atoms with E-state index < -0.39 is 6.10 Å². The lowest BCUT2D eigenvalue weighted by Gasteiger charge is -2.33. The van der Waals surface area contributed by atoms with Gasteiger partial charge in [-0.05, 0) is 36.9 Å². The molecule has 1 aliphatic rings. The first kappa shape index (κ1) is 21.3. The molecule has 33 heavy (non-hydrogen) atoms. The molecular weight excluding hydrogens is 418 g/mol. The first-order valence-corrected chi connectivity index (χ1v) is 11.1. The summed E-state index contributed by atoms with van der Waals surface area (Å²) in [5.41, 5.74) is 2.05. The summed E-state index contributed by atoms with van der Waals surface area (Å²) in [6.45, 7) is 1.65. The predicted octanol–water partition coefficient (Wildman–Crippen LogP) is 3.55. The largest absolute Gasteiger partial charge is 0.490 e. The Morgan fingerprint density at radius 2 is 1.85 bits per heavy atom. The molecule has 3 aromatic carbocycles. The minimum absolute atomic E-state index is 0.164. The lowest BCUT2D eigenvalue weighted by atomic mass is 10.2. The van der Waals surface area contributed by atoms with Crippen LogP contribution in [0.4, 0.5) is 0 Å². The van der Waals surface area contributed by atoms with Gasteiger partial charge < -0.3 is 19.3 Å². The number of aromatic nitrogens is 2. The lowest BCUT2D eigenvalue weighted by Crippen LogP contribution is -2.47. The van der Waals surface area contributed by atoms with E-state index in [9.17, 15) is 5.11 Å². The van der Waals surface area contributed by atoms with Gasteiger partial charge in [0.2, 0.25) is 0 Å². The minimum Gasteiger partial charge on any atom is -0.490 e. The number of rotatable bonds is 8. The highest BCUT2D eigenvalue weighted by Gasteiger charge is 2.25. The van der Waals surface area contributed by atoms with E-state index in [2.05, 4.69) is 17.2 Å². The van der Waals surface area contributed by atoms with E-state index in [1.54, 1.807) is 0 Å². The number of fused-ring (bicyclic) bond motifs is 2. The van der Waals surface area contributed by atoms with Crippen LogP contribution in [0.1, 0.15) is 5.56 Å². The number of nitrogens with zero attached hydrogens (tertiary/aromatic N) is 3. The Bertz CT molecular complexity index is 1210. The van der Waals surface area contributed by atoms with E-state index in [1.807, 2.05) is 83.5 Å². The van der Waals surface area contributed by atoms with Crippen LogP contribution in [0, 0.1) is 0 Å². The number of para-hydroxylation sites is 2. The number of hydrogen-bond donors (Lipinski definition) is 1. The Kier molecular flexibility index (Phi) is 6.15. The van der Waals surface area contributed by atoms with Gasteiger partial charge in [0.1, 0.15) is 25.1 Å². The van der Waals surface area contributed by atoms with Crippen LogP contribution in [-0.2, 0) is 6.54 Å². The molecule has 2 unspecified atom stereocenters. The maximum atomic E-state index is 10.6. The zero-order chi connectivity index (χ0) is 22.6. The molecule has 7 heteroatoms. The van der Waals surface area contributed by atoms with Crippen molar-refractivity contribution in [3.8, 4) is 17.2 Å². The molecule has 0 amide bonds. The van der Waals surface area contributed by atoms with E-state index in [-0.39, 0.29) is 12.8 Å². The summed E-state index contributed by atoms with van der Waals surface area (Å²) in [7, 11) is 1.90. The molecule has 7 nitrogen and oxygen atoms in total. The highest BCUT2D eigenvalue weighted by molar-refractivity contribution is 5.84. The highest BCUT2D eigenvalue weighted by atomic mass is 16.6. The summed E-state index contributed by atoms with van der Waals surface area (Å²) in [5, 5.41) is 16.2. The van der Waals surface area contributed by atoms with Crippen molar-refractivity contribution in [1.29, 1.82) is 0 Å². The van der Waals surface area contributed by atoms with Gasteiger partial charge in [-0.1, -0.05) is 48.5 Å². The van der Waals surface area contributed by atoms with Crippen LogP contribution in [0.2, 0.25) is 0 Å². The van der Waals surface area contributed by atoms with Crippen LogP contribution in [0.3, 0.4) is 0 Å². The quantitative estimate of drug-likeness (QED) is 0.447. The Hall–Kier alpha value is -3.55. The molecule has 0 saturated carbocycles. The number of hydrogen-bond acceptors (Lipinski definition) is 6. The third-order valence-corrected chi connectivity index (χ3v) is 5.66. The molecule has 0 spiro atoms. The van der Waals surface area contributed by atoms with Crippen molar-refractivity contribution >= 4 is 10.9 Å². The number of benzene rings is 3. The minimum atomic E-state index is -0.689. The summed E-state index contributed by atoms with van der Waals surface area (Å²) in [5.74, 6) is 2.16. The molecule has 4 aromatic rings. The van der Waals surface area contributed by atoms with Gasteiger partial charge in [0.15, 0.2) is 17.7 Å². The fourth-order valence-corrected chi connectivity index (χ4v) is 3.96. The summed E-state index contributed by atoms with van der Waals surface area (Å²) in [4.78, 5) is 1.93. The number of aliphatic hydroxyl groups excluding tert-OH is 1. The summed E-state index contributed by atoms with van der Waals surface area (Å²) in [6.07, 6.45) is 1.03. The van der Waals surface area contributed by atoms with Gasteiger partial charge in [-0.15, -0.1) is 0 Å². The van der Waals surface area contributed by atoms with Crippen molar-refractivity contribution < 1.29 is 19.3 Å². The third-order valence-electron chi connectivity index (χ3n) is 5.66. The van der Waals surface area contributed by atoms with Crippen molar-refractivity contribution in [2.45, 2.75) is 18.9 Å². The van der Waals surface area contributed by atoms with Crippen LogP contribution in [0.15, 0.2) is 79.0 Å². The summed E-state index contributed by atoms with van der Waals surface area (Å²) >= 11 is 0. The van der Waals surface area contributed by atoms with Gasteiger partial charge in [-0.3, -0.25) is 9.58 Å². The average molecular weight is 446 g/mol. The molecule has 0 bridgehead atoms. The molecule has 2 atom stereocenters. The van der Waals surface area contributed by atoms with Crippen molar-refractivity contribution in [3.63, 3.8) is 0 Å². The molecule has 0 fully saturated rings. The zero-order valence-electron chi connectivity index (χ0n) is 18.5. The van der Waals surface area contributed by atoms with E-state index in [0.29, 0.717) is 31.2 Å². The molecular formula is C26H27N3O4. The SMILES string of the molecule is CN(CC(O)COc1cccc2nn(Cc3ccccc3)cc12)C1COc2ccccc2O1. The van der Waals surface area contributed by atoms with E-state index >= 15 is 0 Å². The van der Waals surface area contributed by atoms with Crippen LogP contribution in [0.25, 0.3) is 10.9 Å². The van der Waals surface area contributed by atoms with E-state index in [0.717, 1.165) is 16.7 Å². The van der Waals surface area contributed by atoms with Gasteiger partial charge in [0, 0.05) is 12.7 Å². The Labute approximate surface area is 192 Å². The van der Waals surface area contributed by atoms with Gasteiger partial charge in [-0.25, -0.2) is 0 Å². The molecule has 1 aromatic heterocycles. The standard InChI is InChI=1S/C26H27N3O4/c1-28(26-18-32-24-11-5-6-12-25(24)33-26)15-20(30)17-31-23-13-7-10-22-21(23)16-29(27-22)14-19-8-3-2-4-9-19/h2-13,16,20,26,30H,14-15,17-18H2,1H3. The summed E-state index contributed by atoms with van der Waals surface area (Å²) in [6, 6.07) is 23.6. The molecule has 0 saturated heterocycles. The zero-order valence-corrected chi connectivity index (χ0v) is 18.5. The third kappa shape index (κ3) is 4.94. The first-order valence-electron chi connectivity index (χ1n) is 11.1. The van der Waals surface area contributed by atoms with Gasteiger partial charge in [-0.2, -0.15) is 5.10 Å². The highest BCUT2D eigenvalue weighted by Crippen LogP contribution is 2.31. The normalized spacial score (nSPS) is 16.2. The van der Waals surface area contributed by atoms with E-state index in [1.165, 1.54) is 5.56 Å². The molecule has 170 valence electrons. The maximum absolute atomic E-state index is 10.6. The Morgan fingerprint density at radius 1 is 1.06 bits per heavy atom. The molecule has 0 aliphatic carbocycles. The van der Waals surface area contributed by atoms with Crippen molar-refractivity contribution in [2.75, 3.05) is 26.8 Å². The molecule has 2 heterocycles. The second kappa shape index (κ2) is 9.52. The van der Waals surface area contributed by atoms with Crippen LogP contribution >= 0.6 is 0 Å². The Balaban J connectivity index is 1.19. The van der Waals surface area contributed by atoms with Crippen molar-refractivity contribution in [3.05, 3.63) is 84.6 Å². The first-order chi connectivity index (χ1) is 16.2. The lowest BCUT2D eigenvalue weighted by molar-refractivity contribution is -0.0387. The monoisotopic (exact) mass is 445 g/mol. The van der Waals surface area contributed by atoms with Crippen LogP contribution in [-0.4, -0.2) is 58.9 Å². The Morgan fingerprint density at radius 3 is 2.70 bits per heavy atom. The second-order valence-electron chi connectivity index (χ2n) is 8.24. The van der Waals surface area contributed by atoms with Gasteiger partial charge in [0.25, 0.3) is 0 Å². The number of ether oxygens (including phenoxy) is 3. The van der Waals surface area contributed by atoms with Crippen molar-refractivity contribution in [2.24, 2.45) is 0 Å². The number of likely N-dealkylation sites (N-methyl/N-ethyl adjacent to an activating group) is 1.